The number of hydrogen-bond acceptors (Lipinski definition) is 6. The van der Waals surface area contributed by atoms with Crippen molar-refractivity contribution in [2.75, 3.05) is 17.2 Å². The topological polar surface area (TPSA) is 87.9 Å². The highest BCUT2D eigenvalue weighted by atomic mass is 16.3. The molecule has 2 heterocycles. The maximum atomic E-state index is 9.50. The van der Waals surface area contributed by atoms with E-state index in [2.05, 4.69) is 51.6 Å². The lowest BCUT2D eigenvalue weighted by Gasteiger charge is -2.12. The van der Waals surface area contributed by atoms with Crippen molar-refractivity contribution < 1.29 is 5.11 Å². The van der Waals surface area contributed by atoms with E-state index in [1.54, 1.807) is 13.3 Å². The molecule has 2 aromatic heterocycles. The first-order chi connectivity index (χ1) is 12.0. The average molecular weight is 340 g/mol. The summed E-state index contributed by atoms with van der Waals surface area (Å²) < 4.78 is 2.01. The summed E-state index contributed by atoms with van der Waals surface area (Å²) in [6.45, 7) is 6.93. The molecule has 7 heteroatoms. The molecule has 0 aliphatic carbocycles. The van der Waals surface area contributed by atoms with Gasteiger partial charge >= 0.3 is 0 Å². The highest BCUT2D eigenvalue weighted by molar-refractivity contribution is 5.84. The van der Waals surface area contributed by atoms with Crippen molar-refractivity contribution in [3.63, 3.8) is 0 Å². The Bertz CT molecular complexity index is 828. The predicted molar refractivity (Wildman–Crippen MR) is 99.6 cm³/mol. The molecule has 3 N–H and O–H groups in total. The number of benzene rings is 1. The van der Waals surface area contributed by atoms with Gasteiger partial charge in [-0.3, -0.25) is 0 Å². The Morgan fingerprint density at radius 2 is 1.84 bits per heavy atom. The van der Waals surface area contributed by atoms with Gasteiger partial charge in [0.25, 0.3) is 0 Å². The summed E-state index contributed by atoms with van der Waals surface area (Å²) in [5, 5.41) is 15.9. The summed E-state index contributed by atoms with van der Waals surface area (Å²) in [7, 11) is 0. The quantitative estimate of drug-likeness (QED) is 0.613. The van der Waals surface area contributed by atoms with Crippen LogP contribution < -0.4 is 10.6 Å². The third kappa shape index (κ3) is 4.06. The second-order valence-corrected chi connectivity index (χ2v) is 6.38. The Hall–Kier alpha value is -2.67. The zero-order valence-corrected chi connectivity index (χ0v) is 14.8. The second kappa shape index (κ2) is 7.48. The van der Waals surface area contributed by atoms with Gasteiger partial charge in [-0.05, 0) is 26.3 Å². The summed E-state index contributed by atoms with van der Waals surface area (Å²) in [6.07, 6.45) is 1.31. The fraction of sp³-hybridized carbons (Fsp3) is 0.389. The van der Waals surface area contributed by atoms with Crippen LogP contribution in [0.25, 0.3) is 11.2 Å². The third-order valence-electron chi connectivity index (χ3n) is 3.84. The molecule has 0 saturated heterocycles. The molecule has 3 aromatic rings. The van der Waals surface area contributed by atoms with E-state index < -0.39 is 6.10 Å². The van der Waals surface area contributed by atoms with Gasteiger partial charge in [0, 0.05) is 19.1 Å². The molecular weight excluding hydrogens is 316 g/mol. The van der Waals surface area contributed by atoms with Crippen LogP contribution in [-0.2, 0) is 6.54 Å². The van der Waals surface area contributed by atoms with Crippen molar-refractivity contribution in [1.82, 2.24) is 19.5 Å². The van der Waals surface area contributed by atoms with Crippen LogP contribution in [0.5, 0.6) is 0 Å². The number of aromatic nitrogens is 4. The number of anilines is 2. The van der Waals surface area contributed by atoms with Gasteiger partial charge in [-0.1, -0.05) is 30.3 Å². The number of aliphatic hydroxyl groups is 1. The minimum atomic E-state index is -0.477. The Labute approximate surface area is 147 Å². The van der Waals surface area contributed by atoms with Crippen molar-refractivity contribution in [2.45, 2.75) is 39.5 Å². The van der Waals surface area contributed by atoms with Crippen molar-refractivity contribution in [3.8, 4) is 0 Å². The molecule has 0 radical (unpaired) electrons. The molecule has 0 unspecified atom stereocenters. The van der Waals surface area contributed by atoms with E-state index >= 15 is 0 Å². The van der Waals surface area contributed by atoms with Gasteiger partial charge in [0.15, 0.2) is 17.0 Å². The van der Waals surface area contributed by atoms with Gasteiger partial charge in [0.2, 0.25) is 5.95 Å². The number of aliphatic hydroxyl groups excluding tert-OH is 1. The van der Waals surface area contributed by atoms with Gasteiger partial charge in [-0.2, -0.15) is 9.97 Å². The highest BCUT2D eigenvalue weighted by Gasteiger charge is 2.15. The van der Waals surface area contributed by atoms with Crippen molar-refractivity contribution in [3.05, 3.63) is 42.2 Å². The number of hydrogen-bond donors (Lipinski definition) is 3. The molecular formula is C18H24N6O. The fourth-order valence-corrected chi connectivity index (χ4v) is 2.52. The number of imidazole rings is 1. The standard InChI is InChI=1S/C18H24N6O/c1-12(2)24-11-21-15-16(19-10-14-7-5-4-6-8-14)22-18(23-17(15)24)20-9-13(3)25/h4-8,11-13,25H,9-10H2,1-3H3,(H2,19,20,22,23)/t13-/m0/s1. The lowest BCUT2D eigenvalue weighted by Crippen LogP contribution is -2.17. The molecule has 3 rings (SSSR count). The first-order valence-corrected chi connectivity index (χ1v) is 8.49. The maximum absolute atomic E-state index is 9.50. The van der Waals surface area contributed by atoms with E-state index in [9.17, 15) is 5.11 Å². The van der Waals surface area contributed by atoms with E-state index in [1.807, 2.05) is 22.8 Å². The molecule has 0 amide bonds. The smallest absolute Gasteiger partial charge is 0.226 e. The van der Waals surface area contributed by atoms with Gasteiger partial charge in [0.05, 0.1) is 12.4 Å². The maximum Gasteiger partial charge on any atom is 0.226 e. The summed E-state index contributed by atoms with van der Waals surface area (Å²) in [5.74, 6) is 1.16. The summed E-state index contributed by atoms with van der Waals surface area (Å²) in [4.78, 5) is 13.6. The molecule has 132 valence electrons. The van der Waals surface area contributed by atoms with Gasteiger partial charge in [-0.25, -0.2) is 4.98 Å². The zero-order valence-electron chi connectivity index (χ0n) is 14.8. The average Bonchev–Trinajstić information content (AvgIpc) is 3.03. The second-order valence-electron chi connectivity index (χ2n) is 6.38. The van der Waals surface area contributed by atoms with Crippen molar-refractivity contribution in [1.29, 1.82) is 0 Å². The Kier molecular flexibility index (Phi) is 5.14. The van der Waals surface area contributed by atoms with Crippen molar-refractivity contribution >= 4 is 22.9 Å². The monoisotopic (exact) mass is 340 g/mol. The molecule has 7 nitrogen and oxygen atoms in total. The molecule has 0 fully saturated rings. The van der Waals surface area contributed by atoms with Gasteiger partial charge < -0.3 is 20.3 Å². The molecule has 0 saturated carbocycles. The van der Waals surface area contributed by atoms with E-state index in [0.29, 0.717) is 24.9 Å². The number of fused-ring (bicyclic) bond motifs is 1. The van der Waals surface area contributed by atoms with Gasteiger partial charge in [-0.15, -0.1) is 0 Å². The molecule has 0 aliphatic rings. The minimum Gasteiger partial charge on any atom is -0.392 e. The Balaban J connectivity index is 1.93. The van der Waals surface area contributed by atoms with Crippen LogP contribution >= 0.6 is 0 Å². The third-order valence-corrected chi connectivity index (χ3v) is 3.84. The molecule has 0 spiro atoms. The van der Waals surface area contributed by atoms with Crippen LogP contribution in [-0.4, -0.2) is 37.3 Å². The largest absolute Gasteiger partial charge is 0.392 e. The highest BCUT2D eigenvalue weighted by Crippen LogP contribution is 2.23. The van der Waals surface area contributed by atoms with Crippen LogP contribution in [0.3, 0.4) is 0 Å². The lowest BCUT2D eigenvalue weighted by molar-refractivity contribution is 0.208. The lowest BCUT2D eigenvalue weighted by atomic mass is 10.2. The minimum absolute atomic E-state index is 0.242. The number of nitrogens with zero attached hydrogens (tertiary/aromatic N) is 4. The molecule has 0 aliphatic heterocycles. The first-order valence-electron chi connectivity index (χ1n) is 8.49. The van der Waals surface area contributed by atoms with Crippen LogP contribution in [0.4, 0.5) is 11.8 Å². The van der Waals surface area contributed by atoms with Crippen LogP contribution in [0.1, 0.15) is 32.4 Å². The van der Waals surface area contributed by atoms with Gasteiger partial charge in [0.1, 0.15) is 0 Å². The fourth-order valence-electron chi connectivity index (χ4n) is 2.52. The Morgan fingerprint density at radius 3 is 2.52 bits per heavy atom. The summed E-state index contributed by atoms with van der Waals surface area (Å²) in [5.41, 5.74) is 2.68. The SMILES string of the molecule is CC(C)n1cnc2c(NCc3ccccc3)nc(NC[C@H](C)O)nc21. The predicted octanol–water partition coefficient (Wildman–Crippen LogP) is 2.81. The number of rotatable bonds is 7. The van der Waals surface area contributed by atoms with E-state index in [0.717, 1.165) is 16.7 Å². The first kappa shape index (κ1) is 17.2. The molecule has 25 heavy (non-hydrogen) atoms. The van der Waals surface area contributed by atoms with E-state index in [1.165, 1.54) is 0 Å². The van der Waals surface area contributed by atoms with Crippen LogP contribution in [0.2, 0.25) is 0 Å². The van der Waals surface area contributed by atoms with E-state index in [4.69, 9.17) is 0 Å². The molecule has 1 atom stereocenters. The van der Waals surface area contributed by atoms with Crippen molar-refractivity contribution in [2.24, 2.45) is 0 Å². The Morgan fingerprint density at radius 1 is 1.08 bits per heavy atom. The number of nitrogens with one attached hydrogen (secondary N) is 2. The molecule has 1 aromatic carbocycles. The van der Waals surface area contributed by atoms with E-state index in [-0.39, 0.29) is 6.04 Å². The van der Waals surface area contributed by atoms with Crippen LogP contribution in [0, 0.1) is 0 Å². The molecule has 0 bridgehead atoms. The van der Waals surface area contributed by atoms with Crippen LogP contribution in [0.15, 0.2) is 36.7 Å². The zero-order chi connectivity index (χ0) is 17.8. The summed E-state index contributed by atoms with van der Waals surface area (Å²) in [6, 6.07) is 10.4. The normalized spacial score (nSPS) is 12.5. The summed E-state index contributed by atoms with van der Waals surface area (Å²) >= 11 is 0.